The van der Waals surface area contributed by atoms with Crippen LogP contribution in [-0.4, -0.2) is 22.5 Å². The van der Waals surface area contributed by atoms with Gasteiger partial charge in [-0.25, -0.2) is 0 Å². The van der Waals surface area contributed by atoms with Crippen molar-refractivity contribution in [3.05, 3.63) is 48.3 Å². The molecule has 2 heteroatoms. The zero-order chi connectivity index (χ0) is 25.5. The maximum absolute atomic E-state index is 2.64. The fourth-order valence-corrected chi connectivity index (χ4v) is 5.66. The lowest BCUT2D eigenvalue weighted by Crippen LogP contribution is -2.38. The van der Waals surface area contributed by atoms with Gasteiger partial charge in [0, 0.05) is 25.5 Å². The van der Waals surface area contributed by atoms with Gasteiger partial charge in [-0.05, 0) is 24.8 Å². The third-order valence-electron chi connectivity index (χ3n) is 8.01. The molecule has 1 aromatic carbocycles. The van der Waals surface area contributed by atoms with Crippen molar-refractivity contribution in [2.75, 3.05) is 6.54 Å². The number of hydrogen-bond acceptors (Lipinski definition) is 2. The quantitative estimate of drug-likeness (QED) is 0.131. The van der Waals surface area contributed by atoms with Crippen molar-refractivity contribution in [3.8, 4) is 0 Å². The lowest BCUT2D eigenvalue weighted by molar-refractivity contribution is 0.132. The third-order valence-corrected chi connectivity index (χ3v) is 8.01. The van der Waals surface area contributed by atoms with Gasteiger partial charge < -0.3 is 9.80 Å². The van der Waals surface area contributed by atoms with Gasteiger partial charge in [-0.2, -0.15) is 0 Å². The van der Waals surface area contributed by atoms with E-state index in [4.69, 9.17) is 0 Å². The van der Waals surface area contributed by atoms with E-state index in [0.717, 1.165) is 6.54 Å². The molecule has 2 nitrogen and oxygen atoms in total. The van der Waals surface area contributed by atoms with E-state index in [1.54, 1.807) is 0 Å². The Labute approximate surface area is 225 Å². The Morgan fingerprint density at radius 1 is 0.500 bits per heavy atom. The van der Waals surface area contributed by atoms with Crippen molar-refractivity contribution in [2.45, 2.75) is 161 Å². The minimum atomic E-state index is 0.554. The van der Waals surface area contributed by atoms with Crippen LogP contribution in [0.2, 0.25) is 0 Å². The summed E-state index contributed by atoms with van der Waals surface area (Å²) in [7, 11) is 0. The Hall–Kier alpha value is -1.44. The van der Waals surface area contributed by atoms with Gasteiger partial charge in [-0.1, -0.05) is 160 Å². The smallest absolute Gasteiger partial charge is 0.101 e. The summed E-state index contributed by atoms with van der Waals surface area (Å²) >= 11 is 0. The Kier molecular flexibility index (Phi) is 18.5. The highest BCUT2D eigenvalue weighted by Gasteiger charge is 2.25. The van der Waals surface area contributed by atoms with Gasteiger partial charge in [0.2, 0.25) is 0 Å². The summed E-state index contributed by atoms with van der Waals surface area (Å²) in [6.07, 6.45) is 35.0. The van der Waals surface area contributed by atoms with Crippen LogP contribution in [0.1, 0.15) is 154 Å². The summed E-state index contributed by atoms with van der Waals surface area (Å²) in [4.78, 5) is 5.24. The first-order valence-electron chi connectivity index (χ1n) is 16.1. The van der Waals surface area contributed by atoms with Crippen molar-refractivity contribution in [2.24, 2.45) is 0 Å². The van der Waals surface area contributed by atoms with Crippen LogP contribution in [-0.2, 0) is 6.54 Å². The molecule has 1 unspecified atom stereocenters. The number of unbranched alkanes of at least 4 members (excludes halogenated alkanes) is 18. The minimum absolute atomic E-state index is 0.554. The maximum atomic E-state index is 2.64. The topological polar surface area (TPSA) is 6.48 Å². The first-order valence-corrected chi connectivity index (χ1v) is 16.1. The molecule has 1 heterocycles. The number of benzene rings is 1. The highest BCUT2D eigenvalue weighted by molar-refractivity contribution is 5.16. The van der Waals surface area contributed by atoms with Crippen molar-refractivity contribution in [3.63, 3.8) is 0 Å². The summed E-state index contributed by atoms with van der Waals surface area (Å²) in [6, 6.07) is 11.0. The second-order valence-electron chi connectivity index (χ2n) is 11.3. The Balaban J connectivity index is 1.59. The predicted molar refractivity (Wildman–Crippen MR) is 160 cm³/mol. The highest BCUT2D eigenvalue weighted by atomic mass is 15.4. The molecule has 1 aliphatic rings. The van der Waals surface area contributed by atoms with Gasteiger partial charge in [0.25, 0.3) is 0 Å². The fraction of sp³-hybridized carbons (Fsp3) is 0.765. The van der Waals surface area contributed by atoms with Crippen LogP contribution in [0.3, 0.4) is 0 Å². The van der Waals surface area contributed by atoms with Crippen molar-refractivity contribution in [1.82, 2.24) is 9.80 Å². The van der Waals surface area contributed by atoms with E-state index in [9.17, 15) is 0 Å². The number of nitrogens with zero attached hydrogens (tertiary/aromatic N) is 2. The van der Waals surface area contributed by atoms with Crippen LogP contribution < -0.4 is 0 Å². The first-order chi connectivity index (χ1) is 17.8. The van der Waals surface area contributed by atoms with Crippen molar-refractivity contribution >= 4 is 0 Å². The van der Waals surface area contributed by atoms with Gasteiger partial charge in [0.1, 0.15) is 6.17 Å². The Morgan fingerprint density at radius 3 is 1.47 bits per heavy atom. The third kappa shape index (κ3) is 14.3. The van der Waals surface area contributed by atoms with Crippen LogP contribution in [0.15, 0.2) is 42.7 Å². The zero-order valence-corrected chi connectivity index (χ0v) is 24.3. The lowest BCUT2D eigenvalue weighted by Gasteiger charge is -2.33. The minimum Gasteiger partial charge on any atom is -0.356 e. The van der Waals surface area contributed by atoms with Crippen LogP contribution in [0.5, 0.6) is 0 Å². The summed E-state index contributed by atoms with van der Waals surface area (Å²) in [5, 5.41) is 0. The Bertz CT molecular complexity index is 625. The van der Waals surface area contributed by atoms with E-state index in [0.29, 0.717) is 6.17 Å². The zero-order valence-electron chi connectivity index (χ0n) is 24.3. The molecule has 0 saturated heterocycles. The molecule has 0 N–H and O–H groups in total. The maximum Gasteiger partial charge on any atom is 0.101 e. The number of hydrogen-bond donors (Lipinski definition) is 0. The average Bonchev–Trinajstić information content (AvgIpc) is 3.27. The highest BCUT2D eigenvalue weighted by Crippen LogP contribution is 2.25. The van der Waals surface area contributed by atoms with E-state index < -0.39 is 0 Å². The van der Waals surface area contributed by atoms with Gasteiger partial charge in [0.05, 0.1) is 0 Å². The molecule has 1 aromatic rings. The molecule has 1 aliphatic heterocycles. The van der Waals surface area contributed by atoms with Crippen LogP contribution >= 0.6 is 0 Å². The summed E-state index contributed by atoms with van der Waals surface area (Å²) in [5.41, 5.74) is 1.43. The average molecular weight is 497 g/mol. The fourth-order valence-electron chi connectivity index (χ4n) is 5.66. The standard InChI is InChI=1S/C34H60N2/c1-3-5-7-9-11-12-13-14-15-16-17-18-19-24-28-34-35(29-25-20-10-8-6-4-2)30-31-36(34)32-33-26-22-21-23-27-33/h21-23,26-27,30-31,34H,3-20,24-25,28-29,32H2,1-2H3. The van der Waals surface area contributed by atoms with E-state index in [2.05, 4.69) is 66.4 Å². The molecule has 0 amide bonds. The molecule has 0 fully saturated rings. The van der Waals surface area contributed by atoms with Gasteiger partial charge in [0.15, 0.2) is 0 Å². The van der Waals surface area contributed by atoms with E-state index >= 15 is 0 Å². The molecule has 2 rings (SSSR count). The summed E-state index contributed by atoms with van der Waals surface area (Å²) < 4.78 is 0. The van der Waals surface area contributed by atoms with Gasteiger partial charge in [-0.15, -0.1) is 0 Å². The monoisotopic (exact) mass is 496 g/mol. The molecular weight excluding hydrogens is 436 g/mol. The molecule has 0 saturated carbocycles. The van der Waals surface area contributed by atoms with Gasteiger partial charge in [-0.3, -0.25) is 0 Å². The van der Waals surface area contributed by atoms with Crippen LogP contribution in [0.25, 0.3) is 0 Å². The Morgan fingerprint density at radius 2 is 0.944 bits per heavy atom. The molecule has 36 heavy (non-hydrogen) atoms. The molecule has 0 bridgehead atoms. The van der Waals surface area contributed by atoms with Crippen LogP contribution in [0.4, 0.5) is 0 Å². The number of rotatable bonds is 24. The van der Waals surface area contributed by atoms with Crippen LogP contribution in [0, 0.1) is 0 Å². The molecule has 0 aromatic heterocycles. The molecule has 1 atom stereocenters. The van der Waals surface area contributed by atoms with Crippen molar-refractivity contribution in [1.29, 1.82) is 0 Å². The molecule has 0 aliphatic carbocycles. The van der Waals surface area contributed by atoms with Gasteiger partial charge >= 0.3 is 0 Å². The second-order valence-corrected chi connectivity index (χ2v) is 11.3. The molecule has 206 valence electrons. The lowest BCUT2D eigenvalue weighted by atomic mass is 10.0. The normalized spacial score (nSPS) is 15.3. The predicted octanol–water partition coefficient (Wildman–Crippen LogP) is 10.8. The van der Waals surface area contributed by atoms with E-state index in [-0.39, 0.29) is 0 Å². The van der Waals surface area contributed by atoms with E-state index in [1.807, 2.05) is 0 Å². The molecule has 0 spiro atoms. The molecule has 0 radical (unpaired) electrons. The van der Waals surface area contributed by atoms with E-state index in [1.165, 1.54) is 147 Å². The second kappa shape index (κ2) is 21.6. The summed E-state index contributed by atoms with van der Waals surface area (Å²) in [6.45, 7) is 6.86. The first kappa shape index (κ1) is 30.8. The SMILES string of the molecule is CCCCCCCCCCCCCCCCC1N(CCCCCCCC)C=CN1Cc1ccccc1. The largest absolute Gasteiger partial charge is 0.356 e. The van der Waals surface area contributed by atoms with Crippen molar-refractivity contribution < 1.29 is 0 Å². The molecular formula is C34H60N2. The summed E-state index contributed by atoms with van der Waals surface area (Å²) in [5.74, 6) is 0.